The van der Waals surface area contributed by atoms with Crippen molar-refractivity contribution in [3.63, 3.8) is 0 Å². The Bertz CT molecular complexity index is 684. The molecule has 0 atom stereocenters. The van der Waals surface area contributed by atoms with E-state index in [2.05, 4.69) is 21.2 Å². The fraction of sp³-hybridized carbons (Fsp3) is 0.0667. The molecule has 0 heterocycles. The van der Waals surface area contributed by atoms with Gasteiger partial charge in [-0.25, -0.2) is 4.79 Å². The number of carboxylic acid groups (broad SMARTS) is 1. The van der Waals surface area contributed by atoms with Crippen LogP contribution < -0.4 is 11.1 Å². The average Bonchev–Trinajstić information content (AvgIpc) is 2.40. The van der Waals surface area contributed by atoms with Gasteiger partial charge >= 0.3 is 5.97 Å². The molecule has 6 heteroatoms. The third-order valence-electron chi connectivity index (χ3n) is 2.77. The molecule has 0 aliphatic rings. The Labute approximate surface area is 129 Å². The largest absolute Gasteiger partial charge is 0.478 e. The van der Waals surface area contributed by atoms with Crippen LogP contribution in [0.3, 0.4) is 0 Å². The van der Waals surface area contributed by atoms with E-state index in [4.69, 9.17) is 10.8 Å². The number of carbonyl (C=O) groups excluding carboxylic acids is 1. The Balaban J connectivity index is 2.09. The Kier molecular flexibility index (Phi) is 4.59. The fourth-order valence-electron chi connectivity index (χ4n) is 1.81. The molecule has 0 radical (unpaired) electrons. The number of nitrogens with one attached hydrogen (secondary N) is 1. The van der Waals surface area contributed by atoms with Gasteiger partial charge in [-0.1, -0.05) is 28.1 Å². The number of amides is 1. The highest BCUT2D eigenvalue weighted by Crippen LogP contribution is 2.20. The van der Waals surface area contributed by atoms with E-state index < -0.39 is 5.97 Å². The summed E-state index contributed by atoms with van der Waals surface area (Å²) < 4.78 is 0.588. The van der Waals surface area contributed by atoms with Crippen molar-refractivity contribution in [2.45, 2.75) is 6.42 Å². The molecule has 2 aromatic rings. The van der Waals surface area contributed by atoms with Crippen LogP contribution in [0.4, 0.5) is 11.4 Å². The van der Waals surface area contributed by atoms with E-state index in [1.807, 2.05) is 0 Å². The minimum atomic E-state index is -1.05. The van der Waals surface area contributed by atoms with E-state index in [9.17, 15) is 9.59 Å². The summed E-state index contributed by atoms with van der Waals surface area (Å²) in [6, 6.07) is 11.5. The second kappa shape index (κ2) is 6.41. The van der Waals surface area contributed by atoms with E-state index in [-0.39, 0.29) is 17.9 Å². The molecule has 2 rings (SSSR count). The number of nitrogens with two attached hydrogens (primary N) is 1. The van der Waals surface area contributed by atoms with Gasteiger partial charge in [0.1, 0.15) is 0 Å². The highest BCUT2D eigenvalue weighted by molar-refractivity contribution is 9.10. The summed E-state index contributed by atoms with van der Waals surface area (Å²) in [7, 11) is 0. The predicted molar refractivity (Wildman–Crippen MR) is 84.3 cm³/mol. The van der Waals surface area contributed by atoms with Crippen molar-refractivity contribution in [3.05, 3.63) is 58.1 Å². The molecular formula is C15H13BrN2O3. The summed E-state index contributed by atoms with van der Waals surface area (Å²) in [4.78, 5) is 22.9. The number of anilines is 2. The molecule has 0 bridgehead atoms. The van der Waals surface area contributed by atoms with Crippen molar-refractivity contribution in [3.8, 4) is 0 Å². The number of rotatable bonds is 4. The van der Waals surface area contributed by atoms with Crippen LogP contribution in [0.5, 0.6) is 0 Å². The van der Waals surface area contributed by atoms with E-state index >= 15 is 0 Å². The van der Waals surface area contributed by atoms with Crippen molar-refractivity contribution >= 4 is 39.2 Å². The SMILES string of the molecule is Nc1ccc(CC(=O)Nc2cc(Br)cc(C(=O)O)c2)cc1. The maximum atomic E-state index is 12.0. The van der Waals surface area contributed by atoms with Gasteiger partial charge in [0.25, 0.3) is 0 Å². The van der Waals surface area contributed by atoms with Gasteiger partial charge in [-0.3, -0.25) is 4.79 Å². The lowest BCUT2D eigenvalue weighted by atomic mass is 10.1. The molecule has 0 aromatic heterocycles. The standard InChI is InChI=1S/C15H13BrN2O3/c16-11-6-10(15(20)21)7-13(8-11)18-14(19)5-9-1-3-12(17)4-2-9/h1-4,6-8H,5,17H2,(H,18,19)(H,20,21). The zero-order valence-corrected chi connectivity index (χ0v) is 12.6. The molecule has 0 saturated heterocycles. The number of halogens is 1. The third kappa shape index (κ3) is 4.32. The number of carboxylic acids is 1. The molecule has 4 N–H and O–H groups in total. The number of carbonyl (C=O) groups is 2. The first-order chi connectivity index (χ1) is 9.94. The average molecular weight is 349 g/mol. The summed E-state index contributed by atoms with van der Waals surface area (Å²) in [5.41, 5.74) is 7.58. The van der Waals surface area contributed by atoms with Crippen LogP contribution in [0.15, 0.2) is 46.9 Å². The van der Waals surface area contributed by atoms with Gasteiger partial charge < -0.3 is 16.2 Å². The number of benzene rings is 2. The second-order valence-corrected chi connectivity index (χ2v) is 5.42. The number of hydrogen-bond donors (Lipinski definition) is 3. The highest BCUT2D eigenvalue weighted by atomic mass is 79.9. The molecule has 0 saturated carbocycles. The Morgan fingerprint density at radius 1 is 1.14 bits per heavy atom. The van der Waals surface area contributed by atoms with Gasteiger partial charge in [0.05, 0.1) is 12.0 Å². The quantitative estimate of drug-likeness (QED) is 0.740. The fourth-order valence-corrected chi connectivity index (χ4v) is 2.30. The van der Waals surface area contributed by atoms with E-state index in [1.54, 1.807) is 30.3 Å². The van der Waals surface area contributed by atoms with E-state index in [0.29, 0.717) is 15.8 Å². The molecule has 0 aliphatic carbocycles. The maximum Gasteiger partial charge on any atom is 0.335 e. The normalized spacial score (nSPS) is 10.1. The molecule has 1 amide bonds. The van der Waals surface area contributed by atoms with Gasteiger partial charge in [0.2, 0.25) is 5.91 Å². The predicted octanol–water partition coefficient (Wildman–Crippen LogP) is 2.91. The van der Waals surface area contributed by atoms with Crippen molar-refractivity contribution in [1.29, 1.82) is 0 Å². The van der Waals surface area contributed by atoms with Crippen LogP contribution in [0, 0.1) is 0 Å². The van der Waals surface area contributed by atoms with Crippen molar-refractivity contribution in [2.24, 2.45) is 0 Å². The van der Waals surface area contributed by atoms with Crippen LogP contribution in [-0.4, -0.2) is 17.0 Å². The Morgan fingerprint density at radius 3 is 2.43 bits per heavy atom. The van der Waals surface area contributed by atoms with Crippen molar-refractivity contribution in [2.75, 3.05) is 11.1 Å². The van der Waals surface area contributed by atoms with Gasteiger partial charge in [0.15, 0.2) is 0 Å². The maximum absolute atomic E-state index is 12.0. The molecule has 0 aliphatic heterocycles. The van der Waals surface area contributed by atoms with Crippen LogP contribution in [0.1, 0.15) is 15.9 Å². The molecule has 5 nitrogen and oxygen atoms in total. The van der Waals surface area contributed by atoms with Crippen LogP contribution in [0.25, 0.3) is 0 Å². The lowest BCUT2D eigenvalue weighted by molar-refractivity contribution is -0.115. The first kappa shape index (κ1) is 15.1. The summed E-state index contributed by atoms with van der Waals surface area (Å²) in [6.07, 6.45) is 0.190. The topological polar surface area (TPSA) is 92.4 Å². The zero-order valence-electron chi connectivity index (χ0n) is 11.0. The second-order valence-electron chi connectivity index (χ2n) is 4.50. The number of aromatic carboxylic acids is 1. The number of hydrogen-bond acceptors (Lipinski definition) is 3. The lowest BCUT2D eigenvalue weighted by Crippen LogP contribution is -2.15. The highest BCUT2D eigenvalue weighted by Gasteiger charge is 2.09. The molecule has 0 fully saturated rings. The smallest absolute Gasteiger partial charge is 0.335 e. The Morgan fingerprint density at radius 2 is 1.81 bits per heavy atom. The minimum absolute atomic E-state index is 0.104. The molecular weight excluding hydrogens is 336 g/mol. The first-order valence-corrected chi connectivity index (χ1v) is 6.91. The molecule has 21 heavy (non-hydrogen) atoms. The molecule has 2 aromatic carbocycles. The summed E-state index contributed by atoms with van der Waals surface area (Å²) >= 11 is 3.22. The van der Waals surface area contributed by atoms with E-state index in [1.165, 1.54) is 12.1 Å². The van der Waals surface area contributed by atoms with Crippen molar-refractivity contribution in [1.82, 2.24) is 0 Å². The van der Waals surface area contributed by atoms with Gasteiger partial charge in [0, 0.05) is 15.8 Å². The summed E-state index contributed by atoms with van der Waals surface area (Å²) in [5.74, 6) is -1.28. The van der Waals surface area contributed by atoms with Gasteiger partial charge in [-0.05, 0) is 35.9 Å². The Hall–Kier alpha value is -2.34. The van der Waals surface area contributed by atoms with Crippen molar-refractivity contribution < 1.29 is 14.7 Å². The van der Waals surface area contributed by atoms with Gasteiger partial charge in [-0.2, -0.15) is 0 Å². The molecule has 108 valence electrons. The van der Waals surface area contributed by atoms with Crippen LogP contribution >= 0.6 is 15.9 Å². The number of nitrogen functional groups attached to an aromatic ring is 1. The monoisotopic (exact) mass is 348 g/mol. The lowest BCUT2D eigenvalue weighted by Gasteiger charge is -2.07. The zero-order chi connectivity index (χ0) is 15.4. The first-order valence-electron chi connectivity index (χ1n) is 6.12. The summed E-state index contributed by atoms with van der Waals surface area (Å²) in [5, 5.41) is 11.7. The minimum Gasteiger partial charge on any atom is -0.478 e. The molecule has 0 spiro atoms. The van der Waals surface area contributed by atoms with Gasteiger partial charge in [-0.15, -0.1) is 0 Å². The van der Waals surface area contributed by atoms with Crippen LogP contribution in [0.2, 0.25) is 0 Å². The third-order valence-corrected chi connectivity index (χ3v) is 3.23. The molecule has 0 unspecified atom stereocenters. The van der Waals surface area contributed by atoms with E-state index in [0.717, 1.165) is 5.56 Å². The van der Waals surface area contributed by atoms with Crippen LogP contribution in [-0.2, 0) is 11.2 Å². The summed E-state index contributed by atoms with van der Waals surface area (Å²) in [6.45, 7) is 0.